The molecule has 23 heavy (non-hydrogen) atoms. The van der Waals surface area contributed by atoms with Crippen molar-refractivity contribution in [2.45, 2.75) is 38.6 Å². The number of benzene rings is 1. The van der Waals surface area contributed by atoms with Crippen LogP contribution in [0.3, 0.4) is 0 Å². The fraction of sp³-hybridized carbons (Fsp3) is 0.556. The summed E-state index contributed by atoms with van der Waals surface area (Å²) in [6.45, 7) is 1.03. The third-order valence-corrected chi connectivity index (χ3v) is 5.02. The van der Waals surface area contributed by atoms with Crippen LogP contribution in [0.25, 0.3) is 0 Å². The van der Waals surface area contributed by atoms with Crippen molar-refractivity contribution in [1.29, 1.82) is 0 Å². The van der Waals surface area contributed by atoms with Crippen LogP contribution in [-0.4, -0.2) is 42.4 Å². The summed E-state index contributed by atoms with van der Waals surface area (Å²) in [6.07, 6.45) is 4.26. The van der Waals surface area contributed by atoms with Gasteiger partial charge in [-0.2, -0.15) is 0 Å². The minimum absolute atomic E-state index is 0.0191. The molecule has 0 aromatic heterocycles. The van der Waals surface area contributed by atoms with E-state index in [2.05, 4.69) is 0 Å². The fourth-order valence-corrected chi connectivity index (χ4v) is 3.82. The summed E-state index contributed by atoms with van der Waals surface area (Å²) in [5, 5.41) is 0. The smallest absolute Gasteiger partial charge is 0.237 e. The Morgan fingerprint density at radius 2 is 2.00 bits per heavy atom. The molecule has 0 radical (unpaired) electrons. The van der Waals surface area contributed by atoms with E-state index in [1.807, 2.05) is 36.2 Å². The van der Waals surface area contributed by atoms with E-state index in [9.17, 15) is 9.59 Å². The van der Waals surface area contributed by atoms with Crippen molar-refractivity contribution in [3.63, 3.8) is 0 Å². The molecule has 0 unspecified atom stereocenters. The monoisotopic (exact) mass is 316 g/mol. The van der Waals surface area contributed by atoms with Crippen LogP contribution in [0.15, 0.2) is 24.3 Å². The Hall–Kier alpha value is -1.88. The fourth-order valence-electron chi connectivity index (χ4n) is 3.82. The maximum Gasteiger partial charge on any atom is 0.237 e. The molecular formula is C18H24N2O3. The number of carbonyl (C=O) groups excluding carboxylic acids is 2. The van der Waals surface area contributed by atoms with Gasteiger partial charge in [0.25, 0.3) is 0 Å². The number of amides is 2. The van der Waals surface area contributed by atoms with Crippen molar-refractivity contribution in [3.05, 3.63) is 29.8 Å². The van der Waals surface area contributed by atoms with E-state index in [1.54, 1.807) is 7.11 Å². The van der Waals surface area contributed by atoms with Gasteiger partial charge in [-0.1, -0.05) is 25.0 Å². The first-order valence-electron chi connectivity index (χ1n) is 8.20. The first kappa shape index (κ1) is 16.0. The molecule has 1 aliphatic heterocycles. The van der Waals surface area contributed by atoms with Crippen molar-refractivity contribution < 1.29 is 14.3 Å². The summed E-state index contributed by atoms with van der Waals surface area (Å²) in [4.78, 5) is 28.4. The van der Waals surface area contributed by atoms with Gasteiger partial charge in [0, 0.05) is 13.0 Å². The number of likely N-dealkylation sites (tertiary alicyclic amines) is 1. The summed E-state index contributed by atoms with van der Waals surface area (Å²) in [5.41, 5.74) is 0.718. The second-order valence-electron chi connectivity index (χ2n) is 6.80. The number of imide groups is 1. The Morgan fingerprint density at radius 3 is 2.70 bits per heavy atom. The molecule has 1 aromatic rings. The molecule has 1 saturated heterocycles. The maximum absolute atomic E-state index is 12.7. The number of hydrogen-bond donors (Lipinski definition) is 0. The largest absolute Gasteiger partial charge is 0.497 e. The zero-order valence-electron chi connectivity index (χ0n) is 13.9. The molecule has 2 aliphatic rings. The third kappa shape index (κ3) is 3.11. The normalized spacial score (nSPS) is 20.0. The van der Waals surface area contributed by atoms with Gasteiger partial charge >= 0.3 is 0 Å². The Bertz CT molecular complexity index is 608. The molecule has 1 spiro atoms. The lowest BCUT2D eigenvalue weighted by molar-refractivity contribution is -0.143. The van der Waals surface area contributed by atoms with Crippen LogP contribution in [0.4, 0.5) is 0 Å². The molecule has 2 fully saturated rings. The van der Waals surface area contributed by atoms with E-state index in [1.165, 1.54) is 4.90 Å². The van der Waals surface area contributed by atoms with Gasteiger partial charge in [0.15, 0.2) is 0 Å². The van der Waals surface area contributed by atoms with Crippen LogP contribution >= 0.6 is 0 Å². The highest BCUT2D eigenvalue weighted by Gasteiger charge is 2.52. The van der Waals surface area contributed by atoms with E-state index in [0.717, 1.165) is 37.0 Å². The van der Waals surface area contributed by atoms with Crippen molar-refractivity contribution >= 4 is 11.8 Å². The molecule has 124 valence electrons. The first-order chi connectivity index (χ1) is 11.0. The second kappa shape index (κ2) is 6.32. The Kier molecular flexibility index (Phi) is 4.39. The molecule has 0 N–H and O–H groups in total. The summed E-state index contributed by atoms with van der Waals surface area (Å²) in [6, 6.07) is 7.84. The van der Waals surface area contributed by atoms with Gasteiger partial charge in [-0.3, -0.25) is 19.4 Å². The first-order valence-corrected chi connectivity index (χ1v) is 8.20. The van der Waals surface area contributed by atoms with Crippen LogP contribution in [0.2, 0.25) is 0 Å². The summed E-state index contributed by atoms with van der Waals surface area (Å²) >= 11 is 0. The van der Waals surface area contributed by atoms with Crippen molar-refractivity contribution in [2.24, 2.45) is 5.41 Å². The lowest BCUT2D eigenvalue weighted by Gasteiger charge is -2.25. The second-order valence-corrected chi connectivity index (χ2v) is 6.80. The summed E-state index contributed by atoms with van der Waals surface area (Å²) in [5.74, 6) is 0.834. The average Bonchev–Trinajstić information content (AvgIpc) is 3.09. The number of nitrogens with zero attached hydrogens (tertiary/aromatic N) is 2. The third-order valence-electron chi connectivity index (χ3n) is 5.02. The predicted molar refractivity (Wildman–Crippen MR) is 86.7 cm³/mol. The Labute approximate surface area is 137 Å². The number of ether oxygens (including phenoxy) is 1. The SMILES string of the molecule is COc1cccc(CN(C)CN2C(=O)CC3(CCCC3)C2=O)c1. The van der Waals surface area contributed by atoms with E-state index in [0.29, 0.717) is 19.6 Å². The predicted octanol–water partition coefficient (Wildman–Crippen LogP) is 2.40. The van der Waals surface area contributed by atoms with E-state index in [-0.39, 0.29) is 17.2 Å². The molecule has 1 heterocycles. The van der Waals surface area contributed by atoms with Gasteiger partial charge in [-0.25, -0.2) is 0 Å². The van der Waals surface area contributed by atoms with Gasteiger partial charge in [0.05, 0.1) is 19.2 Å². The number of methoxy groups -OCH3 is 1. The van der Waals surface area contributed by atoms with Gasteiger partial charge in [-0.15, -0.1) is 0 Å². The van der Waals surface area contributed by atoms with Gasteiger partial charge < -0.3 is 4.74 Å². The maximum atomic E-state index is 12.7. The average molecular weight is 316 g/mol. The lowest BCUT2D eigenvalue weighted by atomic mass is 9.85. The molecule has 0 atom stereocenters. The lowest BCUT2D eigenvalue weighted by Crippen LogP contribution is -2.41. The van der Waals surface area contributed by atoms with Crippen molar-refractivity contribution in [3.8, 4) is 5.75 Å². The van der Waals surface area contributed by atoms with Crippen LogP contribution < -0.4 is 4.74 Å². The number of carbonyl (C=O) groups is 2. The number of rotatable bonds is 5. The van der Waals surface area contributed by atoms with E-state index >= 15 is 0 Å². The zero-order valence-corrected chi connectivity index (χ0v) is 13.9. The molecule has 1 saturated carbocycles. The van der Waals surface area contributed by atoms with Crippen LogP contribution in [0.5, 0.6) is 5.75 Å². The molecule has 1 aliphatic carbocycles. The standard InChI is InChI=1S/C18H24N2O3/c1-19(12-14-6-5-7-15(10-14)23-2)13-20-16(21)11-18(17(20)22)8-3-4-9-18/h5-7,10H,3-4,8-9,11-13H2,1-2H3. The Balaban J connectivity index is 1.64. The molecule has 0 bridgehead atoms. The van der Waals surface area contributed by atoms with Crippen LogP contribution in [0, 0.1) is 5.41 Å². The van der Waals surface area contributed by atoms with Crippen LogP contribution in [-0.2, 0) is 16.1 Å². The minimum Gasteiger partial charge on any atom is -0.497 e. The summed E-state index contributed by atoms with van der Waals surface area (Å²) in [7, 11) is 3.57. The highest BCUT2D eigenvalue weighted by molar-refractivity contribution is 6.06. The highest BCUT2D eigenvalue weighted by Crippen LogP contribution is 2.46. The van der Waals surface area contributed by atoms with E-state index < -0.39 is 0 Å². The molecule has 3 rings (SSSR count). The molecule has 5 heteroatoms. The van der Waals surface area contributed by atoms with E-state index in [4.69, 9.17) is 4.74 Å². The van der Waals surface area contributed by atoms with Crippen molar-refractivity contribution in [1.82, 2.24) is 9.80 Å². The highest BCUT2D eigenvalue weighted by atomic mass is 16.5. The Morgan fingerprint density at radius 1 is 1.26 bits per heavy atom. The molecule has 2 amide bonds. The van der Waals surface area contributed by atoms with Gasteiger partial charge in [-0.05, 0) is 37.6 Å². The minimum atomic E-state index is -0.381. The molecular weight excluding hydrogens is 292 g/mol. The quantitative estimate of drug-likeness (QED) is 0.783. The van der Waals surface area contributed by atoms with Gasteiger partial charge in [0.1, 0.15) is 5.75 Å². The topological polar surface area (TPSA) is 49.9 Å². The number of hydrogen-bond acceptors (Lipinski definition) is 4. The zero-order chi connectivity index (χ0) is 16.4. The molecule has 5 nitrogen and oxygen atoms in total. The van der Waals surface area contributed by atoms with Crippen LogP contribution in [0.1, 0.15) is 37.7 Å². The van der Waals surface area contributed by atoms with Crippen molar-refractivity contribution in [2.75, 3.05) is 20.8 Å². The summed E-state index contributed by atoms with van der Waals surface area (Å²) < 4.78 is 5.23. The molecule has 1 aromatic carbocycles. The van der Waals surface area contributed by atoms with Gasteiger partial charge in [0.2, 0.25) is 11.8 Å².